The Labute approximate surface area is 172 Å². The van der Waals surface area contributed by atoms with Crippen LogP contribution in [0.5, 0.6) is 0 Å². The van der Waals surface area contributed by atoms with Crippen molar-refractivity contribution in [2.75, 3.05) is 17.7 Å². The Morgan fingerprint density at radius 1 is 1.16 bits per heavy atom. The minimum atomic E-state index is -0.434. The first-order valence-electron chi connectivity index (χ1n) is 7.12. The lowest BCUT2D eigenvalue weighted by atomic mass is 10.2. The maximum Gasteiger partial charge on any atom is 0.349 e. The fraction of sp³-hybridized carbons (Fsp3) is 0.0588. The monoisotopic (exact) mass is 502 g/mol. The topological polar surface area (TPSA) is 50.4 Å². The van der Waals surface area contributed by atoms with E-state index < -0.39 is 5.97 Å². The summed E-state index contributed by atoms with van der Waals surface area (Å²) in [5.41, 5.74) is 1.72. The summed E-state index contributed by atoms with van der Waals surface area (Å²) in [6.45, 7) is 0. The zero-order valence-corrected chi connectivity index (χ0v) is 17.5. The molecular weight excluding hydrogens is 491 g/mol. The van der Waals surface area contributed by atoms with Crippen LogP contribution in [0, 0.1) is 3.57 Å². The number of halogens is 2. The molecule has 3 rings (SSSR count). The molecule has 0 unspecified atom stereocenters. The summed E-state index contributed by atoms with van der Waals surface area (Å²) >= 11 is 15.1. The Kier molecular flexibility index (Phi) is 5.78. The number of anilines is 2. The molecule has 25 heavy (non-hydrogen) atoms. The fourth-order valence-electron chi connectivity index (χ4n) is 2.19. The van der Waals surface area contributed by atoms with E-state index in [0.29, 0.717) is 15.0 Å². The highest BCUT2D eigenvalue weighted by Crippen LogP contribution is 2.37. The van der Waals surface area contributed by atoms with Crippen LogP contribution in [0.1, 0.15) is 9.67 Å². The molecule has 1 heterocycles. The van der Waals surface area contributed by atoms with Crippen LogP contribution in [0.2, 0.25) is 5.02 Å². The number of thiophene rings is 1. The van der Waals surface area contributed by atoms with Gasteiger partial charge in [-0.25, -0.2) is 4.79 Å². The van der Waals surface area contributed by atoms with Gasteiger partial charge < -0.3 is 15.4 Å². The number of fused-ring (bicyclic) bond motifs is 1. The minimum Gasteiger partial charge on any atom is -0.465 e. The predicted molar refractivity (Wildman–Crippen MR) is 117 cm³/mol. The van der Waals surface area contributed by atoms with Crippen molar-refractivity contribution in [3.05, 3.63) is 55.9 Å². The summed E-state index contributed by atoms with van der Waals surface area (Å²) in [6, 6.07) is 13.5. The standard InChI is InChI=1S/C17H12ClIN2O2S2/c1-23-16(22)15-14(18)12-7-6-11(8-13(12)25-15)21-17(24)20-10-4-2-9(19)3-5-10/h2-8H,1H3,(H2,20,21,24). The third kappa shape index (κ3) is 4.22. The number of ether oxygens (including phenoxy) is 1. The molecule has 8 heteroatoms. The van der Waals surface area contributed by atoms with E-state index in [9.17, 15) is 4.79 Å². The minimum absolute atomic E-state index is 0.399. The molecule has 1 aromatic heterocycles. The smallest absolute Gasteiger partial charge is 0.349 e. The van der Waals surface area contributed by atoms with Crippen LogP contribution < -0.4 is 10.6 Å². The van der Waals surface area contributed by atoms with E-state index in [0.717, 1.165) is 25.0 Å². The second-order valence-electron chi connectivity index (χ2n) is 5.03. The molecule has 0 saturated carbocycles. The zero-order valence-electron chi connectivity index (χ0n) is 12.9. The number of hydrogen-bond donors (Lipinski definition) is 2. The Balaban J connectivity index is 1.78. The molecule has 0 fully saturated rings. The molecule has 3 aromatic rings. The van der Waals surface area contributed by atoms with Crippen molar-refractivity contribution in [1.29, 1.82) is 0 Å². The normalized spacial score (nSPS) is 10.5. The van der Waals surface area contributed by atoms with Crippen molar-refractivity contribution in [3.8, 4) is 0 Å². The fourth-order valence-corrected chi connectivity index (χ4v) is 4.25. The van der Waals surface area contributed by atoms with E-state index in [1.54, 1.807) is 0 Å². The van der Waals surface area contributed by atoms with Crippen molar-refractivity contribution in [2.24, 2.45) is 0 Å². The van der Waals surface area contributed by atoms with E-state index in [-0.39, 0.29) is 0 Å². The molecule has 0 spiro atoms. The molecule has 0 aliphatic rings. The second kappa shape index (κ2) is 7.86. The lowest BCUT2D eigenvalue weighted by Crippen LogP contribution is -2.18. The lowest BCUT2D eigenvalue weighted by Gasteiger charge is -2.10. The van der Waals surface area contributed by atoms with Crippen LogP contribution in [-0.2, 0) is 4.74 Å². The number of nitrogens with one attached hydrogen (secondary N) is 2. The van der Waals surface area contributed by atoms with Gasteiger partial charge in [0.25, 0.3) is 0 Å². The highest BCUT2D eigenvalue weighted by Gasteiger charge is 2.17. The summed E-state index contributed by atoms with van der Waals surface area (Å²) in [5.74, 6) is -0.434. The molecule has 0 radical (unpaired) electrons. The van der Waals surface area contributed by atoms with Crippen LogP contribution in [0.15, 0.2) is 42.5 Å². The number of carbonyl (C=O) groups excluding carboxylic acids is 1. The third-order valence-electron chi connectivity index (χ3n) is 3.36. The van der Waals surface area contributed by atoms with Crippen molar-refractivity contribution in [1.82, 2.24) is 0 Å². The summed E-state index contributed by atoms with van der Waals surface area (Å²) in [7, 11) is 1.34. The number of methoxy groups -OCH3 is 1. The summed E-state index contributed by atoms with van der Waals surface area (Å²) in [5, 5.41) is 7.98. The molecule has 0 saturated heterocycles. The first-order chi connectivity index (χ1) is 12.0. The SMILES string of the molecule is COC(=O)c1sc2cc(NC(=S)Nc3ccc(I)cc3)ccc2c1Cl. The second-order valence-corrected chi connectivity index (χ2v) is 8.12. The number of carbonyl (C=O) groups is 1. The van der Waals surface area contributed by atoms with Gasteiger partial charge in [-0.2, -0.15) is 0 Å². The van der Waals surface area contributed by atoms with Gasteiger partial charge in [0.05, 0.1) is 12.1 Å². The highest BCUT2D eigenvalue weighted by atomic mass is 127. The number of hydrogen-bond acceptors (Lipinski definition) is 4. The van der Waals surface area contributed by atoms with Gasteiger partial charge in [-0.1, -0.05) is 11.6 Å². The van der Waals surface area contributed by atoms with Gasteiger partial charge in [-0.05, 0) is 77.3 Å². The highest BCUT2D eigenvalue weighted by molar-refractivity contribution is 14.1. The number of rotatable bonds is 3. The molecule has 2 N–H and O–H groups in total. The van der Waals surface area contributed by atoms with Crippen LogP contribution in [0.25, 0.3) is 10.1 Å². The van der Waals surface area contributed by atoms with Gasteiger partial charge >= 0.3 is 5.97 Å². The van der Waals surface area contributed by atoms with Crippen LogP contribution in [0.3, 0.4) is 0 Å². The van der Waals surface area contributed by atoms with Gasteiger partial charge in [-0.15, -0.1) is 11.3 Å². The molecule has 0 atom stereocenters. The number of thiocarbonyl (C=S) groups is 1. The van der Waals surface area contributed by atoms with Gasteiger partial charge in [0.1, 0.15) is 4.88 Å². The van der Waals surface area contributed by atoms with E-state index in [1.807, 2.05) is 42.5 Å². The van der Waals surface area contributed by atoms with Crippen molar-refractivity contribution in [3.63, 3.8) is 0 Å². The number of esters is 1. The molecule has 4 nitrogen and oxygen atoms in total. The maximum atomic E-state index is 11.8. The third-order valence-corrected chi connectivity index (χ3v) is 5.92. The van der Waals surface area contributed by atoms with Gasteiger partial charge in [0.15, 0.2) is 5.11 Å². The Morgan fingerprint density at radius 3 is 2.48 bits per heavy atom. The first-order valence-corrected chi connectivity index (χ1v) is 9.80. The lowest BCUT2D eigenvalue weighted by molar-refractivity contribution is 0.0606. The van der Waals surface area contributed by atoms with Gasteiger partial charge in [-0.3, -0.25) is 0 Å². The van der Waals surface area contributed by atoms with Crippen molar-refractivity contribution >= 4 is 90.3 Å². The van der Waals surface area contributed by atoms with Crippen molar-refractivity contribution in [2.45, 2.75) is 0 Å². The van der Waals surface area contributed by atoms with Gasteiger partial charge in [0, 0.05) is 25.0 Å². The summed E-state index contributed by atoms with van der Waals surface area (Å²) in [4.78, 5) is 12.1. The van der Waals surface area contributed by atoms with E-state index >= 15 is 0 Å². The predicted octanol–water partition coefficient (Wildman–Crippen LogP) is 5.75. The Bertz CT molecular complexity index is 957. The largest absolute Gasteiger partial charge is 0.465 e. The van der Waals surface area contributed by atoms with Gasteiger partial charge in [0.2, 0.25) is 0 Å². The van der Waals surface area contributed by atoms with Crippen LogP contribution in [-0.4, -0.2) is 18.2 Å². The maximum absolute atomic E-state index is 11.8. The summed E-state index contributed by atoms with van der Waals surface area (Å²) < 4.78 is 6.79. The molecule has 0 aliphatic carbocycles. The van der Waals surface area contributed by atoms with E-state index in [4.69, 9.17) is 28.6 Å². The Hall–Kier alpha value is -1.42. The van der Waals surface area contributed by atoms with Crippen LogP contribution in [0.4, 0.5) is 11.4 Å². The molecule has 128 valence electrons. The first kappa shape index (κ1) is 18.4. The quantitative estimate of drug-likeness (QED) is 0.271. The molecule has 0 bridgehead atoms. The Morgan fingerprint density at radius 2 is 1.80 bits per heavy atom. The average Bonchev–Trinajstić information content (AvgIpc) is 2.92. The van der Waals surface area contributed by atoms with Crippen molar-refractivity contribution < 1.29 is 9.53 Å². The zero-order chi connectivity index (χ0) is 18.0. The molecule has 0 amide bonds. The molecule has 2 aromatic carbocycles. The van der Waals surface area contributed by atoms with Crippen LogP contribution >= 0.6 is 57.7 Å². The molecule has 0 aliphatic heterocycles. The average molecular weight is 503 g/mol. The van der Waals surface area contributed by atoms with E-state index in [1.165, 1.54) is 18.4 Å². The van der Waals surface area contributed by atoms with E-state index in [2.05, 4.69) is 33.2 Å². The number of benzene rings is 2. The molecular formula is C17H12ClIN2O2S2. The summed E-state index contributed by atoms with van der Waals surface area (Å²) in [6.07, 6.45) is 0.